The van der Waals surface area contributed by atoms with Gasteiger partial charge in [0.1, 0.15) is 23.2 Å². The highest BCUT2D eigenvalue weighted by atomic mass is 32.2. The van der Waals surface area contributed by atoms with Crippen molar-refractivity contribution in [3.8, 4) is 22.9 Å². The Bertz CT molecular complexity index is 1410. The lowest BCUT2D eigenvalue weighted by Gasteiger charge is -2.17. The highest BCUT2D eigenvalue weighted by Gasteiger charge is 2.31. The Labute approximate surface area is 216 Å². The molecule has 4 rings (SSSR count). The van der Waals surface area contributed by atoms with Gasteiger partial charge in [-0.1, -0.05) is 19.9 Å². The number of rotatable bonds is 10. The molecule has 0 aliphatic heterocycles. The Hall–Kier alpha value is -3.53. The Morgan fingerprint density at radius 2 is 1.86 bits per heavy atom. The molecule has 1 aliphatic rings. The Morgan fingerprint density at radius 1 is 1.11 bits per heavy atom. The third-order valence-electron chi connectivity index (χ3n) is 5.80. The van der Waals surface area contributed by atoms with E-state index in [4.69, 9.17) is 9.47 Å². The summed E-state index contributed by atoms with van der Waals surface area (Å²) in [4.78, 5) is 21.6. The van der Waals surface area contributed by atoms with E-state index in [1.54, 1.807) is 25.1 Å². The van der Waals surface area contributed by atoms with Crippen molar-refractivity contribution < 1.29 is 27.1 Å². The largest absolute Gasteiger partial charge is 0.493 e. The van der Waals surface area contributed by atoms with Gasteiger partial charge >= 0.3 is 0 Å². The second-order valence-electron chi connectivity index (χ2n) is 9.64. The summed E-state index contributed by atoms with van der Waals surface area (Å²) in [6.07, 6.45) is 1.76. The van der Waals surface area contributed by atoms with Crippen LogP contribution in [0, 0.1) is 24.6 Å². The molecule has 2 aromatic heterocycles. The lowest BCUT2D eigenvalue weighted by molar-refractivity contribution is 0.0971. The highest BCUT2D eigenvalue weighted by molar-refractivity contribution is 7.90. The van der Waals surface area contributed by atoms with Crippen LogP contribution in [-0.2, 0) is 10.0 Å². The number of sulfonamides is 1. The number of hydrogen-bond acceptors (Lipinski definition) is 7. The molecule has 3 aromatic rings. The predicted octanol–water partition coefficient (Wildman–Crippen LogP) is 4.92. The predicted molar refractivity (Wildman–Crippen MR) is 136 cm³/mol. The monoisotopic (exact) mass is 527 g/mol. The second-order valence-corrected chi connectivity index (χ2v) is 11.3. The molecule has 1 aromatic carbocycles. The molecule has 0 spiro atoms. The van der Waals surface area contributed by atoms with E-state index in [1.807, 2.05) is 20.8 Å². The maximum Gasteiger partial charge on any atom is 0.281 e. The van der Waals surface area contributed by atoms with Gasteiger partial charge in [-0.25, -0.2) is 19.1 Å². The molecule has 0 saturated heterocycles. The van der Waals surface area contributed by atoms with E-state index in [1.165, 1.54) is 30.3 Å². The Balaban J connectivity index is 1.67. The minimum atomic E-state index is -4.23. The lowest BCUT2D eigenvalue weighted by atomic mass is 10.1. The van der Waals surface area contributed by atoms with Gasteiger partial charge in [0.2, 0.25) is 5.88 Å². The molecule has 37 heavy (non-hydrogen) atoms. The van der Waals surface area contributed by atoms with Crippen molar-refractivity contribution in [2.24, 2.45) is 11.8 Å². The number of carbonyl (C=O) groups excluding carboxylic acids is 1. The number of aromatic nitrogens is 2. The molecule has 1 saturated carbocycles. The van der Waals surface area contributed by atoms with E-state index in [9.17, 15) is 17.6 Å². The maximum atomic E-state index is 14.4. The van der Waals surface area contributed by atoms with Crippen molar-refractivity contribution in [2.45, 2.75) is 51.7 Å². The molecule has 10 heteroatoms. The van der Waals surface area contributed by atoms with Gasteiger partial charge in [0.15, 0.2) is 5.03 Å². The van der Waals surface area contributed by atoms with Crippen LogP contribution in [0.15, 0.2) is 53.6 Å². The minimum Gasteiger partial charge on any atom is -0.493 e. The van der Waals surface area contributed by atoms with Crippen LogP contribution in [0.25, 0.3) is 11.3 Å². The summed E-state index contributed by atoms with van der Waals surface area (Å²) in [5, 5.41) is -0.270. The van der Waals surface area contributed by atoms with E-state index >= 15 is 0 Å². The molecule has 0 bridgehead atoms. The van der Waals surface area contributed by atoms with E-state index in [0.717, 1.165) is 12.8 Å². The van der Waals surface area contributed by atoms with Crippen LogP contribution in [0.5, 0.6) is 11.6 Å². The van der Waals surface area contributed by atoms with Crippen LogP contribution < -0.4 is 14.2 Å². The fourth-order valence-corrected chi connectivity index (χ4v) is 4.64. The molecule has 1 aliphatic carbocycles. The van der Waals surface area contributed by atoms with Gasteiger partial charge in [-0.05, 0) is 74.9 Å². The molecule has 196 valence electrons. The maximum absolute atomic E-state index is 14.4. The smallest absolute Gasteiger partial charge is 0.281 e. The number of benzene rings is 1. The standard InChI is InChI=1S/C27H30FN3O5S/c1-16(2)15-35-22-13-20(12-21(28)14-22)24-11-10-23(27(30-24)36-18(4)19-8-9-19)26(32)31-37(33,34)25-7-5-6-17(3)29-25/h5-7,10-14,16,18-19H,8-9,15H2,1-4H3,(H,31,32). The van der Waals surface area contributed by atoms with E-state index < -0.39 is 21.7 Å². The van der Waals surface area contributed by atoms with Crippen LogP contribution in [-0.4, -0.2) is 37.0 Å². The first kappa shape index (κ1) is 26.5. The molecule has 1 atom stereocenters. The molecule has 8 nitrogen and oxygen atoms in total. The van der Waals surface area contributed by atoms with Crippen LogP contribution >= 0.6 is 0 Å². The lowest BCUT2D eigenvalue weighted by Crippen LogP contribution is -2.32. The number of ether oxygens (including phenoxy) is 2. The summed E-state index contributed by atoms with van der Waals surface area (Å²) in [7, 11) is -4.23. The molecule has 1 N–H and O–H groups in total. The molecular weight excluding hydrogens is 497 g/mol. The number of amides is 1. The molecule has 1 unspecified atom stereocenters. The first-order valence-corrected chi connectivity index (χ1v) is 13.6. The van der Waals surface area contributed by atoms with Crippen LogP contribution in [0.3, 0.4) is 0 Å². The number of nitrogens with zero attached hydrogens (tertiary/aromatic N) is 2. The number of hydrogen-bond donors (Lipinski definition) is 1. The van der Waals surface area contributed by atoms with E-state index in [2.05, 4.69) is 14.7 Å². The normalized spacial score (nSPS) is 14.3. The number of halogens is 1. The SMILES string of the molecule is Cc1cccc(S(=O)(=O)NC(=O)c2ccc(-c3cc(F)cc(OCC(C)C)c3)nc2OC(C)C2CC2)n1. The molecule has 1 amide bonds. The van der Waals surface area contributed by atoms with Gasteiger partial charge in [-0.2, -0.15) is 8.42 Å². The van der Waals surface area contributed by atoms with Gasteiger partial charge < -0.3 is 9.47 Å². The molecular formula is C27H30FN3O5S. The first-order valence-electron chi connectivity index (χ1n) is 12.1. The number of aryl methyl sites for hydroxylation is 1. The molecule has 0 radical (unpaired) electrons. The van der Waals surface area contributed by atoms with Crippen LogP contribution in [0.4, 0.5) is 4.39 Å². The van der Waals surface area contributed by atoms with Crippen LogP contribution in [0.1, 0.15) is 49.7 Å². The Kier molecular flexibility index (Phi) is 7.77. The van der Waals surface area contributed by atoms with Crippen molar-refractivity contribution in [1.82, 2.24) is 14.7 Å². The summed E-state index contributed by atoms with van der Waals surface area (Å²) in [5.74, 6) is -0.482. The topological polar surface area (TPSA) is 107 Å². The van der Waals surface area contributed by atoms with Gasteiger partial charge in [-0.15, -0.1) is 0 Å². The van der Waals surface area contributed by atoms with Crippen molar-refractivity contribution in [2.75, 3.05) is 6.61 Å². The van der Waals surface area contributed by atoms with E-state index in [-0.39, 0.29) is 28.5 Å². The quantitative estimate of drug-likeness (QED) is 0.399. The molecule has 1 fully saturated rings. The average Bonchev–Trinajstić information content (AvgIpc) is 3.68. The fourth-order valence-electron chi connectivity index (χ4n) is 3.66. The summed E-state index contributed by atoms with van der Waals surface area (Å²) in [6.45, 7) is 7.94. The van der Waals surface area contributed by atoms with Crippen molar-refractivity contribution >= 4 is 15.9 Å². The molecule has 2 heterocycles. The average molecular weight is 528 g/mol. The summed E-state index contributed by atoms with van der Waals surface area (Å²) < 4.78 is 53.7. The van der Waals surface area contributed by atoms with Crippen molar-refractivity contribution in [3.63, 3.8) is 0 Å². The summed E-state index contributed by atoms with van der Waals surface area (Å²) >= 11 is 0. The van der Waals surface area contributed by atoms with Crippen molar-refractivity contribution in [3.05, 3.63) is 65.6 Å². The highest BCUT2D eigenvalue weighted by Crippen LogP contribution is 2.36. The second kappa shape index (κ2) is 10.8. The number of carbonyl (C=O) groups is 1. The van der Waals surface area contributed by atoms with Gasteiger partial charge in [0, 0.05) is 17.3 Å². The van der Waals surface area contributed by atoms with Gasteiger partial charge in [0.25, 0.3) is 15.9 Å². The zero-order valence-electron chi connectivity index (χ0n) is 21.2. The van der Waals surface area contributed by atoms with Gasteiger partial charge in [0.05, 0.1) is 12.3 Å². The minimum absolute atomic E-state index is 0.0317. The zero-order valence-corrected chi connectivity index (χ0v) is 22.0. The number of pyridine rings is 2. The van der Waals surface area contributed by atoms with Gasteiger partial charge in [-0.3, -0.25) is 4.79 Å². The van der Waals surface area contributed by atoms with E-state index in [0.29, 0.717) is 35.2 Å². The van der Waals surface area contributed by atoms with Crippen LogP contribution in [0.2, 0.25) is 0 Å². The van der Waals surface area contributed by atoms with Crippen molar-refractivity contribution in [1.29, 1.82) is 0 Å². The zero-order chi connectivity index (χ0) is 26.7. The fraction of sp³-hybridized carbons (Fsp3) is 0.370. The Morgan fingerprint density at radius 3 is 2.54 bits per heavy atom. The number of nitrogens with one attached hydrogen (secondary N) is 1. The summed E-state index contributed by atoms with van der Waals surface area (Å²) in [5.41, 5.74) is 1.23. The first-order chi connectivity index (χ1) is 17.5. The summed E-state index contributed by atoms with van der Waals surface area (Å²) in [6, 6.07) is 11.7. The third-order valence-corrected chi connectivity index (χ3v) is 7.04. The third kappa shape index (κ3) is 6.82.